The van der Waals surface area contributed by atoms with Crippen LogP contribution < -0.4 is 10.6 Å². The van der Waals surface area contributed by atoms with Crippen molar-refractivity contribution in [2.24, 2.45) is 5.92 Å². The summed E-state index contributed by atoms with van der Waals surface area (Å²) in [7, 11) is 1.31. The lowest BCUT2D eigenvalue weighted by Crippen LogP contribution is -2.43. The molecule has 1 saturated heterocycles. The van der Waals surface area contributed by atoms with Crippen LogP contribution >= 0.6 is 0 Å². The Kier molecular flexibility index (Phi) is 6.45. The van der Waals surface area contributed by atoms with E-state index in [0.717, 1.165) is 43.3 Å². The Bertz CT molecular complexity index is 799. The molecule has 1 atom stereocenters. The number of aromatic nitrogens is 1. The van der Waals surface area contributed by atoms with E-state index in [4.69, 9.17) is 4.74 Å². The zero-order chi connectivity index (χ0) is 19.2. The van der Waals surface area contributed by atoms with Crippen LogP contribution in [0.5, 0.6) is 0 Å². The number of rotatable bonds is 7. The van der Waals surface area contributed by atoms with Gasteiger partial charge in [0.1, 0.15) is 11.9 Å². The van der Waals surface area contributed by atoms with Gasteiger partial charge in [-0.25, -0.2) is 9.18 Å². The summed E-state index contributed by atoms with van der Waals surface area (Å²) in [5, 5.41) is 6.94. The monoisotopic (exact) mass is 375 g/mol. The van der Waals surface area contributed by atoms with E-state index in [2.05, 4.69) is 15.6 Å². The van der Waals surface area contributed by atoms with Crippen molar-refractivity contribution in [1.82, 2.24) is 15.6 Å². The fourth-order valence-electron chi connectivity index (χ4n) is 3.65. The molecule has 0 radical (unpaired) electrons. The van der Waals surface area contributed by atoms with Crippen molar-refractivity contribution in [3.8, 4) is 0 Å². The van der Waals surface area contributed by atoms with Gasteiger partial charge in [0.15, 0.2) is 0 Å². The number of halogens is 1. The van der Waals surface area contributed by atoms with Gasteiger partial charge < -0.3 is 20.4 Å². The number of fused-ring (bicyclic) bond motifs is 1. The molecule has 0 aliphatic carbocycles. The molecule has 0 spiro atoms. The van der Waals surface area contributed by atoms with Crippen LogP contribution in [0.2, 0.25) is 0 Å². The number of carbonyl (C=O) groups is 2. The molecule has 0 saturated carbocycles. The van der Waals surface area contributed by atoms with Crippen LogP contribution in [-0.4, -0.2) is 43.1 Å². The van der Waals surface area contributed by atoms with Gasteiger partial charge in [-0.1, -0.05) is 0 Å². The smallest absolute Gasteiger partial charge is 0.328 e. The Morgan fingerprint density at radius 1 is 1.33 bits per heavy atom. The van der Waals surface area contributed by atoms with Gasteiger partial charge in [0, 0.05) is 29.9 Å². The third-order valence-corrected chi connectivity index (χ3v) is 5.21. The summed E-state index contributed by atoms with van der Waals surface area (Å²) in [6.07, 6.45) is 5.42. The number of H-pyrrole nitrogens is 1. The SMILES string of the molecule is COC(=O)C(Cc1c[nH]c2cc(F)ccc12)NC(=O)CCC1CCNCC1. The number of ether oxygens (including phenoxy) is 1. The second-order valence-corrected chi connectivity index (χ2v) is 7.08. The Hall–Kier alpha value is -2.41. The van der Waals surface area contributed by atoms with Gasteiger partial charge in [-0.15, -0.1) is 0 Å². The summed E-state index contributed by atoms with van der Waals surface area (Å²) in [6.45, 7) is 2.00. The summed E-state index contributed by atoms with van der Waals surface area (Å²) < 4.78 is 18.2. The normalized spacial score (nSPS) is 16.2. The molecule has 2 heterocycles. The standard InChI is InChI=1S/C20H26FN3O3/c1-27-20(26)18(24-19(25)5-2-13-6-8-22-9-7-13)10-14-12-23-17-11-15(21)3-4-16(14)17/h3-4,11-13,18,22-23H,2,5-10H2,1H3,(H,24,25). The molecule has 1 aliphatic rings. The molecule has 1 fully saturated rings. The van der Waals surface area contributed by atoms with Crippen LogP contribution in [0.1, 0.15) is 31.2 Å². The molecule has 2 aromatic rings. The second-order valence-electron chi connectivity index (χ2n) is 7.08. The van der Waals surface area contributed by atoms with Crippen molar-refractivity contribution in [3.63, 3.8) is 0 Å². The minimum atomic E-state index is -0.764. The van der Waals surface area contributed by atoms with Crippen molar-refractivity contribution >= 4 is 22.8 Å². The molecule has 3 N–H and O–H groups in total. The van der Waals surface area contributed by atoms with Crippen LogP contribution in [0.4, 0.5) is 4.39 Å². The summed E-state index contributed by atoms with van der Waals surface area (Å²) in [5.74, 6) is -0.403. The number of methoxy groups -OCH3 is 1. The largest absolute Gasteiger partial charge is 0.467 e. The minimum Gasteiger partial charge on any atom is -0.467 e. The lowest BCUT2D eigenvalue weighted by atomic mass is 9.93. The number of amides is 1. The first-order valence-corrected chi connectivity index (χ1v) is 9.40. The van der Waals surface area contributed by atoms with Gasteiger partial charge in [-0.2, -0.15) is 0 Å². The zero-order valence-electron chi connectivity index (χ0n) is 15.5. The molecule has 1 aromatic carbocycles. The van der Waals surface area contributed by atoms with Gasteiger partial charge in [0.25, 0.3) is 0 Å². The van der Waals surface area contributed by atoms with Gasteiger partial charge >= 0.3 is 5.97 Å². The molecule has 7 heteroatoms. The predicted octanol–water partition coefficient (Wildman–Crippen LogP) is 2.29. The summed E-state index contributed by atoms with van der Waals surface area (Å²) in [4.78, 5) is 27.5. The molecule has 1 amide bonds. The maximum Gasteiger partial charge on any atom is 0.328 e. The fraction of sp³-hybridized carbons (Fsp3) is 0.500. The highest BCUT2D eigenvalue weighted by Crippen LogP contribution is 2.21. The molecule has 3 rings (SSSR count). The molecule has 1 aromatic heterocycles. The molecule has 27 heavy (non-hydrogen) atoms. The van der Waals surface area contributed by atoms with E-state index >= 15 is 0 Å². The average Bonchev–Trinajstić information content (AvgIpc) is 3.07. The van der Waals surface area contributed by atoms with Crippen molar-refractivity contribution in [3.05, 3.63) is 35.8 Å². The molecular weight excluding hydrogens is 349 g/mol. The van der Waals surface area contributed by atoms with E-state index < -0.39 is 12.0 Å². The number of benzene rings is 1. The number of hydrogen-bond acceptors (Lipinski definition) is 4. The number of hydrogen-bond donors (Lipinski definition) is 3. The van der Waals surface area contributed by atoms with Crippen molar-refractivity contribution < 1.29 is 18.7 Å². The second kappa shape index (κ2) is 8.99. The maximum atomic E-state index is 13.3. The molecule has 1 unspecified atom stereocenters. The third kappa shape index (κ3) is 5.07. The summed E-state index contributed by atoms with van der Waals surface area (Å²) >= 11 is 0. The summed E-state index contributed by atoms with van der Waals surface area (Å²) in [5.41, 5.74) is 1.49. The molecular formula is C20H26FN3O3. The Morgan fingerprint density at radius 3 is 2.85 bits per heavy atom. The van der Waals surface area contributed by atoms with Gasteiger partial charge in [0.05, 0.1) is 7.11 Å². The first-order chi connectivity index (χ1) is 13.1. The van der Waals surface area contributed by atoms with Crippen LogP contribution in [0.3, 0.4) is 0 Å². The number of piperidine rings is 1. The third-order valence-electron chi connectivity index (χ3n) is 5.21. The lowest BCUT2D eigenvalue weighted by molar-refractivity contribution is -0.145. The Labute approximate surface area is 157 Å². The van der Waals surface area contributed by atoms with Crippen molar-refractivity contribution in [2.45, 2.75) is 38.1 Å². The van der Waals surface area contributed by atoms with E-state index in [1.54, 1.807) is 12.3 Å². The van der Waals surface area contributed by atoms with E-state index in [0.29, 0.717) is 17.9 Å². The van der Waals surface area contributed by atoms with Gasteiger partial charge in [-0.05, 0) is 62.0 Å². The highest BCUT2D eigenvalue weighted by Gasteiger charge is 2.24. The highest BCUT2D eigenvalue weighted by molar-refractivity contribution is 5.87. The molecule has 0 bridgehead atoms. The van der Waals surface area contributed by atoms with E-state index in [-0.39, 0.29) is 18.1 Å². The lowest BCUT2D eigenvalue weighted by Gasteiger charge is -2.22. The number of aromatic amines is 1. The van der Waals surface area contributed by atoms with Crippen LogP contribution in [0, 0.1) is 11.7 Å². The Balaban J connectivity index is 1.62. The van der Waals surface area contributed by atoms with Crippen LogP contribution in [0.25, 0.3) is 10.9 Å². The fourth-order valence-corrected chi connectivity index (χ4v) is 3.65. The predicted molar refractivity (Wildman–Crippen MR) is 101 cm³/mol. The van der Waals surface area contributed by atoms with Crippen molar-refractivity contribution in [2.75, 3.05) is 20.2 Å². The average molecular weight is 375 g/mol. The zero-order valence-corrected chi connectivity index (χ0v) is 15.5. The van der Waals surface area contributed by atoms with Gasteiger partial charge in [-0.3, -0.25) is 4.79 Å². The number of nitrogens with one attached hydrogen (secondary N) is 3. The topological polar surface area (TPSA) is 83.2 Å². The van der Waals surface area contributed by atoms with Crippen LogP contribution in [0.15, 0.2) is 24.4 Å². The molecule has 6 nitrogen and oxygen atoms in total. The van der Waals surface area contributed by atoms with E-state index in [9.17, 15) is 14.0 Å². The summed E-state index contributed by atoms with van der Waals surface area (Å²) in [6, 6.07) is 3.69. The highest BCUT2D eigenvalue weighted by atomic mass is 19.1. The first-order valence-electron chi connectivity index (χ1n) is 9.40. The maximum absolute atomic E-state index is 13.3. The first kappa shape index (κ1) is 19.4. The molecule has 146 valence electrons. The van der Waals surface area contributed by atoms with Crippen molar-refractivity contribution in [1.29, 1.82) is 0 Å². The Morgan fingerprint density at radius 2 is 2.11 bits per heavy atom. The van der Waals surface area contributed by atoms with Crippen LogP contribution in [-0.2, 0) is 20.7 Å². The van der Waals surface area contributed by atoms with Gasteiger partial charge in [0.2, 0.25) is 5.91 Å². The van der Waals surface area contributed by atoms with E-state index in [1.165, 1.54) is 19.2 Å². The minimum absolute atomic E-state index is 0.144. The number of esters is 1. The molecule has 1 aliphatic heterocycles. The number of carbonyl (C=O) groups excluding carboxylic acids is 2. The van der Waals surface area contributed by atoms with E-state index in [1.807, 2.05) is 0 Å². The quantitative estimate of drug-likeness (QED) is 0.649.